The molecule has 3 heteroatoms. The Balaban J connectivity index is 1.89. The number of hydrogen-bond donors (Lipinski definition) is 0. The number of nitriles is 1. The molecule has 0 fully saturated rings. The first kappa shape index (κ1) is 12.2. The van der Waals surface area contributed by atoms with Crippen molar-refractivity contribution >= 4 is 0 Å². The zero-order valence-electron chi connectivity index (χ0n) is 10.9. The Morgan fingerprint density at radius 2 is 1.75 bits per heavy atom. The maximum Gasteiger partial charge on any atom is 0.140 e. The number of aromatic nitrogens is 2. The molecule has 0 bridgehead atoms. The van der Waals surface area contributed by atoms with Gasteiger partial charge in [0.15, 0.2) is 0 Å². The fourth-order valence-electron chi connectivity index (χ4n) is 2.17. The first-order chi connectivity index (χ1) is 9.86. The molecule has 0 aliphatic heterocycles. The van der Waals surface area contributed by atoms with Gasteiger partial charge in [0, 0.05) is 24.5 Å². The molecule has 0 saturated carbocycles. The molecule has 0 N–H and O–H groups in total. The van der Waals surface area contributed by atoms with Crippen molar-refractivity contribution in [2.75, 3.05) is 0 Å². The van der Waals surface area contributed by atoms with Gasteiger partial charge in [0.1, 0.15) is 5.82 Å². The van der Waals surface area contributed by atoms with E-state index in [1.54, 1.807) is 0 Å². The first-order valence-electron chi connectivity index (χ1n) is 6.42. The minimum Gasteiger partial charge on any atom is -0.327 e. The Bertz CT molecular complexity index is 734. The van der Waals surface area contributed by atoms with Gasteiger partial charge >= 0.3 is 0 Å². The highest BCUT2D eigenvalue weighted by atomic mass is 15.1. The molecule has 0 atom stereocenters. The van der Waals surface area contributed by atoms with E-state index in [4.69, 9.17) is 5.26 Å². The van der Waals surface area contributed by atoms with E-state index < -0.39 is 0 Å². The van der Waals surface area contributed by atoms with Crippen LogP contribution in [0.4, 0.5) is 0 Å². The van der Waals surface area contributed by atoms with Gasteiger partial charge in [-0.25, -0.2) is 4.98 Å². The average Bonchev–Trinajstić information content (AvgIpc) is 2.97. The highest BCUT2D eigenvalue weighted by Gasteiger charge is 2.05. The van der Waals surface area contributed by atoms with Gasteiger partial charge in [0.05, 0.1) is 11.6 Å². The fourth-order valence-corrected chi connectivity index (χ4v) is 2.17. The van der Waals surface area contributed by atoms with Crippen molar-refractivity contribution in [1.82, 2.24) is 9.55 Å². The van der Waals surface area contributed by atoms with Crippen LogP contribution in [0.2, 0.25) is 0 Å². The van der Waals surface area contributed by atoms with Gasteiger partial charge in [-0.1, -0.05) is 42.5 Å². The van der Waals surface area contributed by atoms with Gasteiger partial charge in [-0.2, -0.15) is 5.26 Å². The molecule has 0 aliphatic rings. The summed E-state index contributed by atoms with van der Waals surface area (Å²) in [6.07, 6.45) is 3.78. The Morgan fingerprint density at radius 3 is 2.45 bits per heavy atom. The van der Waals surface area contributed by atoms with Crippen LogP contribution in [0.15, 0.2) is 67.0 Å². The van der Waals surface area contributed by atoms with Crippen molar-refractivity contribution < 1.29 is 0 Å². The van der Waals surface area contributed by atoms with Gasteiger partial charge in [-0.15, -0.1) is 0 Å². The molecule has 3 rings (SSSR count). The lowest BCUT2D eigenvalue weighted by atomic mass is 10.1. The summed E-state index contributed by atoms with van der Waals surface area (Å²) in [4.78, 5) is 4.43. The zero-order chi connectivity index (χ0) is 13.8. The molecule has 0 saturated heterocycles. The summed E-state index contributed by atoms with van der Waals surface area (Å²) in [6.45, 7) is 0.746. The van der Waals surface area contributed by atoms with Crippen LogP contribution in [0.1, 0.15) is 11.1 Å². The second-order valence-electron chi connectivity index (χ2n) is 4.55. The lowest BCUT2D eigenvalue weighted by Crippen LogP contribution is -2.01. The van der Waals surface area contributed by atoms with E-state index in [2.05, 4.69) is 27.8 Å². The molecule has 0 amide bonds. The molecule has 0 radical (unpaired) electrons. The van der Waals surface area contributed by atoms with E-state index >= 15 is 0 Å². The molecule has 0 unspecified atom stereocenters. The van der Waals surface area contributed by atoms with E-state index in [1.807, 2.05) is 54.9 Å². The minimum absolute atomic E-state index is 0.683. The topological polar surface area (TPSA) is 41.6 Å². The average molecular weight is 259 g/mol. The van der Waals surface area contributed by atoms with Crippen LogP contribution < -0.4 is 0 Å². The Morgan fingerprint density at radius 1 is 1.00 bits per heavy atom. The predicted octanol–water partition coefficient (Wildman–Crippen LogP) is 3.47. The number of benzene rings is 2. The van der Waals surface area contributed by atoms with Crippen molar-refractivity contribution in [2.24, 2.45) is 0 Å². The number of imidazole rings is 1. The van der Waals surface area contributed by atoms with Gasteiger partial charge in [0.25, 0.3) is 0 Å². The van der Waals surface area contributed by atoms with Crippen molar-refractivity contribution in [3.63, 3.8) is 0 Å². The molecule has 0 spiro atoms. The quantitative estimate of drug-likeness (QED) is 0.722. The van der Waals surface area contributed by atoms with Crippen LogP contribution in [-0.4, -0.2) is 9.55 Å². The van der Waals surface area contributed by atoms with E-state index in [0.717, 1.165) is 23.5 Å². The third kappa shape index (κ3) is 2.45. The Kier molecular flexibility index (Phi) is 3.30. The van der Waals surface area contributed by atoms with E-state index in [0.29, 0.717) is 5.56 Å². The number of hydrogen-bond acceptors (Lipinski definition) is 2. The smallest absolute Gasteiger partial charge is 0.140 e. The summed E-state index contributed by atoms with van der Waals surface area (Å²) in [7, 11) is 0. The van der Waals surface area contributed by atoms with Crippen LogP contribution in [0, 0.1) is 11.3 Å². The summed E-state index contributed by atoms with van der Waals surface area (Å²) >= 11 is 0. The monoisotopic (exact) mass is 259 g/mol. The molecule has 96 valence electrons. The van der Waals surface area contributed by atoms with Crippen molar-refractivity contribution in [2.45, 2.75) is 6.54 Å². The third-order valence-corrected chi connectivity index (χ3v) is 3.18. The van der Waals surface area contributed by atoms with E-state index in [-0.39, 0.29) is 0 Å². The van der Waals surface area contributed by atoms with Crippen molar-refractivity contribution in [1.29, 1.82) is 5.26 Å². The van der Waals surface area contributed by atoms with Crippen LogP contribution >= 0.6 is 0 Å². The normalized spacial score (nSPS) is 10.2. The maximum atomic E-state index is 8.81. The van der Waals surface area contributed by atoms with Crippen LogP contribution in [0.3, 0.4) is 0 Å². The number of nitrogens with zero attached hydrogens (tertiary/aromatic N) is 3. The van der Waals surface area contributed by atoms with Gasteiger partial charge in [-0.3, -0.25) is 0 Å². The second kappa shape index (κ2) is 5.41. The highest BCUT2D eigenvalue weighted by Crippen LogP contribution is 2.18. The summed E-state index contributed by atoms with van der Waals surface area (Å²) in [5.74, 6) is 0.954. The molecule has 20 heavy (non-hydrogen) atoms. The number of rotatable bonds is 3. The third-order valence-electron chi connectivity index (χ3n) is 3.18. The second-order valence-corrected chi connectivity index (χ2v) is 4.55. The highest BCUT2D eigenvalue weighted by molar-refractivity contribution is 5.55. The first-order valence-corrected chi connectivity index (χ1v) is 6.42. The summed E-state index contributed by atoms with van der Waals surface area (Å²) < 4.78 is 2.11. The predicted molar refractivity (Wildman–Crippen MR) is 77.9 cm³/mol. The standard InChI is InChI=1S/C17H13N3/c18-12-14-6-8-15(9-7-14)13-20-11-10-19-17(20)16-4-2-1-3-5-16/h1-11H,13H2. The Hall–Kier alpha value is -2.86. The SMILES string of the molecule is N#Cc1ccc(Cn2ccnc2-c2ccccc2)cc1. The van der Waals surface area contributed by atoms with Crippen molar-refractivity contribution in [3.8, 4) is 17.5 Å². The molecule has 2 aromatic carbocycles. The maximum absolute atomic E-state index is 8.81. The fraction of sp³-hybridized carbons (Fsp3) is 0.0588. The summed E-state index contributed by atoms with van der Waals surface area (Å²) in [5.41, 5.74) is 2.94. The minimum atomic E-state index is 0.683. The Labute approximate surface area is 117 Å². The van der Waals surface area contributed by atoms with Crippen LogP contribution in [-0.2, 0) is 6.54 Å². The largest absolute Gasteiger partial charge is 0.327 e. The lowest BCUT2D eigenvalue weighted by Gasteiger charge is -2.08. The van der Waals surface area contributed by atoms with E-state index in [1.165, 1.54) is 0 Å². The molecular formula is C17H13N3. The molecule has 0 aliphatic carbocycles. The summed E-state index contributed by atoms with van der Waals surface area (Å²) in [6, 6.07) is 19.9. The lowest BCUT2D eigenvalue weighted by molar-refractivity contribution is 0.807. The molecule has 1 heterocycles. The molecule has 1 aromatic heterocycles. The zero-order valence-corrected chi connectivity index (χ0v) is 10.9. The van der Waals surface area contributed by atoms with E-state index in [9.17, 15) is 0 Å². The van der Waals surface area contributed by atoms with Crippen molar-refractivity contribution in [3.05, 3.63) is 78.1 Å². The van der Waals surface area contributed by atoms with Crippen LogP contribution in [0.5, 0.6) is 0 Å². The molecule has 3 nitrogen and oxygen atoms in total. The van der Waals surface area contributed by atoms with Gasteiger partial charge in [0.2, 0.25) is 0 Å². The van der Waals surface area contributed by atoms with Gasteiger partial charge in [-0.05, 0) is 17.7 Å². The van der Waals surface area contributed by atoms with Crippen LogP contribution in [0.25, 0.3) is 11.4 Å². The van der Waals surface area contributed by atoms with Gasteiger partial charge < -0.3 is 4.57 Å². The summed E-state index contributed by atoms with van der Waals surface area (Å²) in [5, 5.41) is 8.81. The molecule has 3 aromatic rings. The molecular weight excluding hydrogens is 246 g/mol.